The molecule has 5 nitrogen and oxygen atoms in total. The summed E-state index contributed by atoms with van der Waals surface area (Å²) >= 11 is 0. The number of nitrogens with one attached hydrogen (secondary N) is 2. The number of pyridine rings is 1. The van der Waals surface area contributed by atoms with E-state index >= 15 is 0 Å². The van der Waals surface area contributed by atoms with Crippen molar-refractivity contribution in [3.8, 4) is 22.6 Å². The van der Waals surface area contributed by atoms with Crippen LogP contribution in [0.15, 0.2) is 36.9 Å². The molecule has 0 atom stereocenters. The van der Waals surface area contributed by atoms with E-state index in [-0.39, 0.29) is 0 Å². The van der Waals surface area contributed by atoms with E-state index in [1.165, 1.54) is 0 Å². The first-order valence-electron chi connectivity index (χ1n) is 4.82. The molecule has 0 aromatic carbocycles. The fourth-order valence-electron chi connectivity index (χ4n) is 1.56. The zero-order valence-electron chi connectivity index (χ0n) is 8.31. The zero-order chi connectivity index (χ0) is 10.8. The second-order valence-corrected chi connectivity index (χ2v) is 3.24. The van der Waals surface area contributed by atoms with Crippen molar-refractivity contribution in [2.75, 3.05) is 0 Å². The minimum atomic E-state index is 0.789. The van der Waals surface area contributed by atoms with E-state index in [4.69, 9.17) is 0 Å². The Morgan fingerprint density at radius 3 is 2.88 bits per heavy atom. The lowest BCUT2D eigenvalue weighted by Gasteiger charge is -2.02. The molecule has 3 aromatic rings. The molecule has 3 aromatic heterocycles. The zero-order valence-corrected chi connectivity index (χ0v) is 8.31. The summed E-state index contributed by atoms with van der Waals surface area (Å²) in [5.74, 6) is 0.789. The van der Waals surface area contributed by atoms with E-state index in [2.05, 4.69) is 31.3 Å². The van der Waals surface area contributed by atoms with E-state index in [1.807, 2.05) is 12.1 Å². The molecule has 77 valence electrons. The van der Waals surface area contributed by atoms with Crippen LogP contribution in [-0.4, -0.2) is 25.1 Å². The largest absolute Gasteiger partial charge is 0.345 e. The summed E-state index contributed by atoms with van der Waals surface area (Å²) in [4.78, 5) is 11.3. The molecular weight excluding hydrogens is 202 g/mol. The second-order valence-electron chi connectivity index (χ2n) is 3.24. The number of H-pyrrole nitrogens is 2. The van der Waals surface area contributed by atoms with Crippen LogP contribution in [0.4, 0.5) is 0 Å². The van der Waals surface area contributed by atoms with E-state index in [0.29, 0.717) is 0 Å². The SMILES string of the molecule is [c]1nccc(-c2ncc[nH]2)c1-c1cc[nH]n1. The van der Waals surface area contributed by atoms with Gasteiger partial charge in [-0.15, -0.1) is 0 Å². The van der Waals surface area contributed by atoms with Crippen molar-refractivity contribution in [1.82, 2.24) is 25.1 Å². The number of nitrogens with zero attached hydrogens (tertiary/aromatic N) is 3. The summed E-state index contributed by atoms with van der Waals surface area (Å²) in [6.45, 7) is 0. The monoisotopic (exact) mass is 210 g/mol. The highest BCUT2D eigenvalue weighted by molar-refractivity contribution is 5.76. The molecule has 0 aliphatic heterocycles. The number of aromatic amines is 2. The van der Waals surface area contributed by atoms with Gasteiger partial charge in [0.25, 0.3) is 0 Å². The van der Waals surface area contributed by atoms with E-state index in [9.17, 15) is 0 Å². The number of aromatic nitrogens is 5. The summed E-state index contributed by atoms with van der Waals surface area (Å²) in [6.07, 6.45) is 9.88. The molecule has 0 bridgehead atoms. The molecule has 2 N–H and O–H groups in total. The van der Waals surface area contributed by atoms with Crippen molar-refractivity contribution in [2.24, 2.45) is 0 Å². The quantitative estimate of drug-likeness (QED) is 0.675. The number of hydrogen-bond acceptors (Lipinski definition) is 3. The van der Waals surface area contributed by atoms with Crippen LogP contribution in [0.2, 0.25) is 0 Å². The Balaban J connectivity index is 2.19. The Morgan fingerprint density at radius 1 is 1.12 bits per heavy atom. The average molecular weight is 210 g/mol. The van der Waals surface area contributed by atoms with Gasteiger partial charge in [-0.25, -0.2) is 4.98 Å². The number of imidazole rings is 1. The second kappa shape index (κ2) is 3.62. The molecule has 0 fully saturated rings. The molecule has 3 heterocycles. The van der Waals surface area contributed by atoms with Gasteiger partial charge in [0.15, 0.2) is 0 Å². The maximum atomic E-state index is 4.22. The molecule has 0 amide bonds. The molecular formula is C11H8N5. The molecule has 1 radical (unpaired) electrons. The van der Waals surface area contributed by atoms with Gasteiger partial charge >= 0.3 is 0 Å². The Hall–Kier alpha value is -2.43. The van der Waals surface area contributed by atoms with Gasteiger partial charge in [0.1, 0.15) is 5.82 Å². The maximum Gasteiger partial charge on any atom is 0.138 e. The van der Waals surface area contributed by atoms with Gasteiger partial charge in [-0.05, 0) is 12.1 Å². The predicted octanol–water partition coefficient (Wildman–Crippen LogP) is 1.66. The van der Waals surface area contributed by atoms with E-state index in [0.717, 1.165) is 22.6 Å². The first kappa shape index (κ1) is 8.84. The van der Waals surface area contributed by atoms with Crippen LogP contribution in [0, 0.1) is 6.20 Å². The maximum absolute atomic E-state index is 4.22. The third-order valence-electron chi connectivity index (χ3n) is 2.27. The van der Waals surface area contributed by atoms with Crippen LogP contribution in [0.5, 0.6) is 0 Å². The molecule has 0 spiro atoms. The average Bonchev–Trinajstić information content (AvgIpc) is 3.03. The fraction of sp³-hybridized carbons (Fsp3) is 0. The lowest BCUT2D eigenvalue weighted by Crippen LogP contribution is -1.89. The first-order chi connectivity index (χ1) is 7.95. The Kier molecular flexibility index (Phi) is 2.00. The van der Waals surface area contributed by atoms with Crippen molar-refractivity contribution >= 4 is 0 Å². The molecule has 5 heteroatoms. The van der Waals surface area contributed by atoms with Crippen LogP contribution in [0.1, 0.15) is 0 Å². The molecule has 0 saturated heterocycles. The van der Waals surface area contributed by atoms with Crippen molar-refractivity contribution in [2.45, 2.75) is 0 Å². The number of hydrogen-bond donors (Lipinski definition) is 2. The minimum Gasteiger partial charge on any atom is -0.345 e. The van der Waals surface area contributed by atoms with Gasteiger partial charge in [0.2, 0.25) is 0 Å². The summed E-state index contributed by atoms with van der Waals surface area (Å²) < 4.78 is 0. The van der Waals surface area contributed by atoms with Crippen LogP contribution in [0.3, 0.4) is 0 Å². The van der Waals surface area contributed by atoms with Gasteiger partial charge in [-0.3, -0.25) is 10.1 Å². The van der Waals surface area contributed by atoms with Crippen molar-refractivity contribution in [3.63, 3.8) is 0 Å². The molecule has 0 unspecified atom stereocenters. The fourth-order valence-corrected chi connectivity index (χ4v) is 1.56. The Morgan fingerprint density at radius 2 is 2.12 bits per heavy atom. The van der Waals surface area contributed by atoms with Gasteiger partial charge in [0.05, 0.1) is 11.9 Å². The normalized spacial score (nSPS) is 10.5. The van der Waals surface area contributed by atoms with E-state index < -0.39 is 0 Å². The van der Waals surface area contributed by atoms with E-state index in [1.54, 1.807) is 24.8 Å². The highest BCUT2D eigenvalue weighted by atomic mass is 15.1. The summed E-state index contributed by atoms with van der Waals surface area (Å²) in [7, 11) is 0. The van der Waals surface area contributed by atoms with Crippen molar-refractivity contribution < 1.29 is 0 Å². The van der Waals surface area contributed by atoms with Crippen molar-refractivity contribution in [3.05, 3.63) is 43.1 Å². The Bertz CT molecular complexity index is 515. The smallest absolute Gasteiger partial charge is 0.138 e. The van der Waals surface area contributed by atoms with Gasteiger partial charge in [-0.2, -0.15) is 5.10 Å². The topological polar surface area (TPSA) is 70.2 Å². The van der Waals surface area contributed by atoms with Crippen LogP contribution >= 0.6 is 0 Å². The standard InChI is InChI=1S/C11H8N5/c1-3-12-7-9(10-2-4-15-16-10)8(1)11-13-5-6-14-11/h1-6H,(H,13,14)(H,15,16). The molecule has 3 rings (SSSR count). The molecule has 0 aliphatic carbocycles. The van der Waals surface area contributed by atoms with Gasteiger partial charge in [-0.1, -0.05) is 0 Å². The lowest BCUT2D eigenvalue weighted by molar-refractivity contribution is 1.09. The third kappa shape index (κ3) is 1.38. The minimum absolute atomic E-state index is 0.789. The molecule has 16 heavy (non-hydrogen) atoms. The van der Waals surface area contributed by atoms with Crippen LogP contribution in [0.25, 0.3) is 22.6 Å². The van der Waals surface area contributed by atoms with Crippen molar-refractivity contribution in [1.29, 1.82) is 0 Å². The first-order valence-corrected chi connectivity index (χ1v) is 4.82. The summed E-state index contributed by atoms with van der Waals surface area (Å²) in [6, 6.07) is 3.76. The summed E-state index contributed by atoms with van der Waals surface area (Å²) in [5.41, 5.74) is 2.57. The number of rotatable bonds is 2. The van der Waals surface area contributed by atoms with Crippen LogP contribution in [-0.2, 0) is 0 Å². The Labute approximate surface area is 91.6 Å². The third-order valence-corrected chi connectivity index (χ3v) is 2.27. The highest BCUT2D eigenvalue weighted by Crippen LogP contribution is 2.26. The highest BCUT2D eigenvalue weighted by Gasteiger charge is 2.10. The predicted molar refractivity (Wildman–Crippen MR) is 58.2 cm³/mol. The van der Waals surface area contributed by atoms with Gasteiger partial charge in [0, 0.05) is 35.9 Å². The van der Waals surface area contributed by atoms with Gasteiger partial charge < -0.3 is 4.98 Å². The van der Waals surface area contributed by atoms with Crippen LogP contribution < -0.4 is 0 Å². The molecule has 0 saturated carbocycles. The molecule has 0 aliphatic rings. The summed E-state index contributed by atoms with van der Waals surface area (Å²) in [5, 5.41) is 6.89. The lowest BCUT2D eigenvalue weighted by atomic mass is 10.1.